The van der Waals surface area contributed by atoms with Crippen molar-refractivity contribution in [1.82, 2.24) is 9.97 Å². The predicted octanol–water partition coefficient (Wildman–Crippen LogP) is 4.47. The van der Waals surface area contributed by atoms with Gasteiger partial charge in [-0.25, -0.2) is 0 Å². The van der Waals surface area contributed by atoms with E-state index in [1.807, 2.05) is 38.1 Å². The summed E-state index contributed by atoms with van der Waals surface area (Å²) in [7, 11) is 0. The molecule has 0 amide bonds. The van der Waals surface area contributed by atoms with Crippen molar-refractivity contribution in [3.8, 4) is 11.5 Å². The Bertz CT molecular complexity index is 1440. The summed E-state index contributed by atoms with van der Waals surface area (Å²) in [6.45, 7) is 4.86. The third-order valence-electron chi connectivity index (χ3n) is 5.28. The normalized spacial score (nSPS) is 11.5. The molecule has 0 atom stereocenters. The van der Waals surface area contributed by atoms with Crippen molar-refractivity contribution in [2.24, 2.45) is 0 Å². The van der Waals surface area contributed by atoms with Gasteiger partial charge in [-0.1, -0.05) is 0 Å². The number of hydrogen-bond donors (Lipinski definition) is 2. The van der Waals surface area contributed by atoms with Crippen LogP contribution in [0.3, 0.4) is 0 Å². The van der Waals surface area contributed by atoms with Crippen LogP contribution in [0.25, 0.3) is 43.6 Å². The zero-order chi connectivity index (χ0) is 20.8. The van der Waals surface area contributed by atoms with Gasteiger partial charge >= 0.3 is 0 Å². The zero-order valence-corrected chi connectivity index (χ0v) is 16.7. The first-order chi connectivity index (χ1) is 14.6. The summed E-state index contributed by atoms with van der Waals surface area (Å²) in [6.07, 6.45) is 0. The van der Waals surface area contributed by atoms with Gasteiger partial charge < -0.3 is 19.4 Å². The van der Waals surface area contributed by atoms with Crippen LogP contribution in [0, 0.1) is 0 Å². The predicted molar refractivity (Wildman–Crippen MR) is 120 cm³/mol. The standard InChI is InChI=1S/C24H20N2O4/c1-3-29-13-5-7-19-15(9-13)23(27)17-11-22-18(12-21(17)25-19)24(28)16-10-14(30-4-2)6-8-20(16)26-22/h5-12H,3-4H2,1-2H3,(H,25,27)(H,26,28). The number of fused-ring (bicyclic) bond motifs is 4. The van der Waals surface area contributed by atoms with E-state index in [0.717, 1.165) is 0 Å². The molecule has 2 heterocycles. The summed E-state index contributed by atoms with van der Waals surface area (Å²) in [5.74, 6) is 1.31. The number of benzene rings is 3. The number of aromatic nitrogens is 2. The van der Waals surface area contributed by atoms with Crippen molar-refractivity contribution in [3.63, 3.8) is 0 Å². The first-order valence-electron chi connectivity index (χ1n) is 9.94. The van der Waals surface area contributed by atoms with Crippen LogP contribution in [0.2, 0.25) is 0 Å². The van der Waals surface area contributed by atoms with Crippen LogP contribution in [-0.2, 0) is 0 Å². The summed E-state index contributed by atoms with van der Waals surface area (Å²) < 4.78 is 11.1. The van der Waals surface area contributed by atoms with E-state index in [1.54, 1.807) is 24.3 Å². The van der Waals surface area contributed by atoms with Gasteiger partial charge in [0.2, 0.25) is 0 Å². The van der Waals surface area contributed by atoms with E-state index in [4.69, 9.17) is 9.47 Å². The minimum absolute atomic E-state index is 0.102. The zero-order valence-electron chi connectivity index (χ0n) is 16.7. The molecule has 5 aromatic rings. The largest absolute Gasteiger partial charge is 0.494 e. The second-order valence-electron chi connectivity index (χ2n) is 7.13. The molecule has 2 N–H and O–H groups in total. The van der Waals surface area contributed by atoms with E-state index in [9.17, 15) is 9.59 Å². The number of aromatic amines is 2. The lowest BCUT2D eigenvalue weighted by Crippen LogP contribution is -2.08. The van der Waals surface area contributed by atoms with Gasteiger partial charge in [0.05, 0.1) is 35.3 Å². The molecule has 0 unspecified atom stereocenters. The fourth-order valence-electron chi connectivity index (χ4n) is 3.92. The molecule has 3 aromatic carbocycles. The van der Waals surface area contributed by atoms with Gasteiger partial charge in [0.1, 0.15) is 11.5 Å². The lowest BCUT2D eigenvalue weighted by Gasteiger charge is -2.09. The fraction of sp³-hybridized carbons (Fsp3) is 0.167. The van der Waals surface area contributed by atoms with Gasteiger partial charge in [0.25, 0.3) is 0 Å². The molecule has 30 heavy (non-hydrogen) atoms. The molecule has 6 nitrogen and oxygen atoms in total. The number of rotatable bonds is 4. The van der Waals surface area contributed by atoms with Crippen LogP contribution < -0.4 is 20.3 Å². The van der Waals surface area contributed by atoms with E-state index >= 15 is 0 Å². The maximum atomic E-state index is 13.2. The van der Waals surface area contributed by atoms with Crippen molar-refractivity contribution in [2.75, 3.05) is 13.2 Å². The molecule has 0 bridgehead atoms. The van der Waals surface area contributed by atoms with Crippen LogP contribution in [0.5, 0.6) is 11.5 Å². The van der Waals surface area contributed by atoms with Crippen molar-refractivity contribution < 1.29 is 9.47 Å². The summed E-state index contributed by atoms with van der Waals surface area (Å²) in [4.78, 5) is 32.9. The summed E-state index contributed by atoms with van der Waals surface area (Å²) in [5, 5.41) is 2.14. The highest BCUT2D eigenvalue weighted by molar-refractivity contribution is 6.03. The molecular weight excluding hydrogens is 380 g/mol. The minimum Gasteiger partial charge on any atom is -0.494 e. The maximum absolute atomic E-state index is 13.2. The van der Waals surface area contributed by atoms with E-state index in [2.05, 4.69) is 9.97 Å². The lowest BCUT2D eigenvalue weighted by molar-refractivity contribution is 0.340. The van der Waals surface area contributed by atoms with Gasteiger partial charge in [-0.15, -0.1) is 0 Å². The fourth-order valence-corrected chi connectivity index (χ4v) is 3.92. The van der Waals surface area contributed by atoms with E-state index in [1.165, 1.54) is 0 Å². The number of H-pyrrole nitrogens is 2. The molecule has 0 fully saturated rings. The van der Waals surface area contributed by atoms with Crippen LogP contribution in [0.1, 0.15) is 13.8 Å². The molecular formula is C24H20N2O4. The third kappa shape index (κ3) is 2.80. The highest BCUT2D eigenvalue weighted by atomic mass is 16.5. The Morgan fingerprint density at radius 2 is 1.00 bits per heavy atom. The number of hydrogen-bond acceptors (Lipinski definition) is 4. The second kappa shape index (κ2) is 6.91. The smallest absolute Gasteiger partial charge is 0.197 e. The average molecular weight is 400 g/mol. The van der Waals surface area contributed by atoms with Gasteiger partial charge in [-0.3, -0.25) is 9.59 Å². The Labute approximate surface area is 171 Å². The number of ether oxygens (including phenoxy) is 2. The highest BCUT2D eigenvalue weighted by Gasteiger charge is 2.12. The Morgan fingerprint density at radius 3 is 1.40 bits per heavy atom. The minimum atomic E-state index is -0.102. The molecule has 0 spiro atoms. The lowest BCUT2D eigenvalue weighted by atomic mass is 10.0. The topological polar surface area (TPSA) is 84.2 Å². The number of pyridine rings is 2. The van der Waals surface area contributed by atoms with Crippen molar-refractivity contribution in [3.05, 3.63) is 69.0 Å². The van der Waals surface area contributed by atoms with Crippen molar-refractivity contribution in [2.45, 2.75) is 13.8 Å². The molecule has 5 rings (SSSR count). The number of nitrogens with one attached hydrogen (secondary N) is 2. The van der Waals surface area contributed by atoms with Crippen LogP contribution >= 0.6 is 0 Å². The summed E-state index contributed by atoms with van der Waals surface area (Å²) >= 11 is 0. The van der Waals surface area contributed by atoms with E-state index < -0.39 is 0 Å². The third-order valence-corrected chi connectivity index (χ3v) is 5.28. The molecule has 0 saturated carbocycles. The van der Waals surface area contributed by atoms with Gasteiger partial charge in [0, 0.05) is 21.5 Å². The maximum Gasteiger partial charge on any atom is 0.197 e. The first kappa shape index (κ1) is 18.2. The molecule has 6 heteroatoms. The Balaban J connectivity index is 1.83. The molecule has 0 saturated heterocycles. The SMILES string of the molecule is CCOc1ccc2[nH]c3cc4c(=O)c5cc(OCC)ccc5[nH]c4cc3c(=O)c2c1. The molecule has 0 radical (unpaired) electrons. The molecule has 0 aliphatic carbocycles. The average Bonchev–Trinajstić information content (AvgIpc) is 2.75. The van der Waals surface area contributed by atoms with Crippen LogP contribution in [0.15, 0.2) is 58.1 Å². The first-order valence-corrected chi connectivity index (χ1v) is 9.94. The van der Waals surface area contributed by atoms with Crippen molar-refractivity contribution >= 4 is 43.6 Å². The summed E-state index contributed by atoms with van der Waals surface area (Å²) in [6, 6.07) is 14.3. The quantitative estimate of drug-likeness (QED) is 0.436. The molecule has 2 aromatic heterocycles. The Kier molecular flexibility index (Phi) is 4.20. The second-order valence-corrected chi connectivity index (χ2v) is 7.13. The van der Waals surface area contributed by atoms with E-state index in [0.29, 0.717) is 68.3 Å². The van der Waals surface area contributed by atoms with Gasteiger partial charge in [-0.05, 0) is 62.4 Å². The van der Waals surface area contributed by atoms with Crippen LogP contribution in [0.4, 0.5) is 0 Å². The Hall–Kier alpha value is -3.80. The van der Waals surface area contributed by atoms with Crippen molar-refractivity contribution in [1.29, 1.82) is 0 Å². The molecule has 150 valence electrons. The van der Waals surface area contributed by atoms with Gasteiger partial charge in [0.15, 0.2) is 10.9 Å². The summed E-state index contributed by atoms with van der Waals surface area (Å²) in [5.41, 5.74) is 2.44. The molecule has 0 aliphatic rings. The molecule has 0 aliphatic heterocycles. The highest BCUT2D eigenvalue weighted by Crippen LogP contribution is 2.25. The van der Waals surface area contributed by atoms with Gasteiger partial charge in [-0.2, -0.15) is 0 Å². The van der Waals surface area contributed by atoms with Crippen LogP contribution in [-0.4, -0.2) is 23.2 Å². The monoisotopic (exact) mass is 400 g/mol. The van der Waals surface area contributed by atoms with E-state index in [-0.39, 0.29) is 10.9 Å². The Morgan fingerprint density at radius 1 is 0.600 bits per heavy atom.